The van der Waals surface area contributed by atoms with Gasteiger partial charge in [0, 0.05) is 27.1 Å². The van der Waals surface area contributed by atoms with Crippen molar-refractivity contribution < 1.29 is 11.3 Å². The maximum Gasteiger partial charge on any atom is 0.238 e. The van der Waals surface area contributed by atoms with Gasteiger partial charge in [-0.25, -0.2) is 4.98 Å². The third-order valence-electron chi connectivity index (χ3n) is 7.97. The number of benzene rings is 6. The van der Waals surface area contributed by atoms with E-state index in [1.165, 1.54) is 0 Å². The number of hydrogen-bond acceptors (Lipinski definition) is 4. The average molecular weight is 570 g/mol. The monoisotopic (exact) mass is 569 g/mol. The smallest absolute Gasteiger partial charge is 0.238 e. The standard InChI is InChI=1S/C39H24N4O/c1-3-13-25(14-4-1)27-19-12-24-34-35(27)30-20-11-21-31(36(30)44-34)38-40-37(26-15-5-2-6-16-26)41-39(42-38)43-32-22-9-7-17-28(32)29-18-8-10-23-33(29)43/h1-24H/i1D,3D,4D,13D,14D. The lowest BCUT2D eigenvalue weighted by atomic mass is 9.99. The van der Waals surface area contributed by atoms with Crippen molar-refractivity contribution in [2.24, 2.45) is 0 Å². The first-order valence-electron chi connectivity index (χ1n) is 16.7. The van der Waals surface area contributed by atoms with Crippen LogP contribution in [0.25, 0.3) is 83.6 Å². The fourth-order valence-electron chi connectivity index (χ4n) is 6.06. The molecule has 3 heterocycles. The Morgan fingerprint density at radius 2 is 1.16 bits per heavy atom. The number of aromatic nitrogens is 4. The van der Waals surface area contributed by atoms with Crippen LogP contribution in [0, 0.1) is 0 Å². The number of rotatable bonds is 4. The molecular formula is C39H24N4O. The van der Waals surface area contributed by atoms with E-state index in [9.17, 15) is 0 Å². The molecule has 9 aromatic rings. The Bertz CT molecular complexity index is 2710. The largest absolute Gasteiger partial charge is 0.455 e. The maximum absolute atomic E-state index is 8.67. The quantitative estimate of drug-likeness (QED) is 0.212. The van der Waals surface area contributed by atoms with Crippen molar-refractivity contribution in [2.75, 3.05) is 0 Å². The van der Waals surface area contributed by atoms with E-state index in [4.69, 9.17) is 26.2 Å². The van der Waals surface area contributed by atoms with Crippen LogP contribution < -0.4 is 0 Å². The summed E-state index contributed by atoms with van der Waals surface area (Å²) in [6.45, 7) is 0. The van der Waals surface area contributed by atoms with Gasteiger partial charge in [0.1, 0.15) is 11.2 Å². The van der Waals surface area contributed by atoms with Gasteiger partial charge in [0.05, 0.1) is 23.5 Å². The van der Waals surface area contributed by atoms with Crippen LogP contribution in [0.5, 0.6) is 0 Å². The van der Waals surface area contributed by atoms with Crippen LogP contribution in [-0.2, 0) is 0 Å². The average Bonchev–Trinajstić information content (AvgIpc) is 3.70. The molecule has 0 N–H and O–H groups in total. The van der Waals surface area contributed by atoms with Crippen LogP contribution in [-0.4, -0.2) is 19.5 Å². The molecule has 0 aliphatic heterocycles. The summed E-state index contributed by atoms with van der Waals surface area (Å²) in [5, 5.41) is 3.51. The molecule has 6 aromatic carbocycles. The van der Waals surface area contributed by atoms with Crippen molar-refractivity contribution >= 4 is 43.7 Å². The third kappa shape index (κ3) is 3.76. The summed E-state index contributed by atoms with van der Waals surface area (Å²) in [6, 6.07) is 35.3. The zero-order valence-electron chi connectivity index (χ0n) is 28.2. The highest BCUT2D eigenvalue weighted by atomic mass is 16.3. The van der Waals surface area contributed by atoms with Gasteiger partial charge in [-0.3, -0.25) is 4.57 Å². The molecule has 9 rings (SSSR count). The molecule has 3 aromatic heterocycles. The molecule has 0 saturated carbocycles. The van der Waals surface area contributed by atoms with Gasteiger partial charge in [0.2, 0.25) is 5.95 Å². The Morgan fingerprint density at radius 3 is 1.93 bits per heavy atom. The molecule has 0 bridgehead atoms. The van der Waals surface area contributed by atoms with Crippen LogP contribution in [0.2, 0.25) is 0 Å². The first kappa shape index (κ1) is 19.9. The highest BCUT2D eigenvalue weighted by Crippen LogP contribution is 2.40. The molecule has 0 radical (unpaired) electrons. The number of fused-ring (bicyclic) bond motifs is 6. The number of para-hydroxylation sites is 3. The first-order valence-corrected chi connectivity index (χ1v) is 14.2. The zero-order chi connectivity index (χ0) is 33.4. The van der Waals surface area contributed by atoms with Gasteiger partial charge in [-0.1, -0.05) is 121 Å². The number of furan rings is 1. The number of nitrogens with zero attached hydrogens (tertiary/aromatic N) is 4. The summed E-state index contributed by atoms with van der Waals surface area (Å²) in [6.07, 6.45) is 0. The van der Waals surface area contributed by atoms with Gasteiger partial charge < -0.3 is 4.42 Å². The summed E-state index contributed by atoms with van der Waals surface area (Å²) in [5.74, 6) is 1.35. The molecule has 0 fully saturated rings. The molecule has 0 spiro atoms. The van der Waals surface area contributed by atoms with E-state index < -0.39 is 18.1 Å². The third-order valence-corrected chi connectivity index (χ3v) is 7.97. The summed E-state index contributed by atoms with van der Waals surface area (Å²) in [5.41, 5.74) is 5.00. The SMILES string of the molecule is [2H]c1c([2H])c([2H])c(-c2cccc3oc4c(-c5nc(-c6ccccc6)nc(-n6c7ccccc7c7ccccc76)n5)cccc4c23)c([2H])c1[2H]. The molecule has 0 aliphatic rings. The lowest BCUT2D eigenvalue weighted by Gasteiger charge is -2.11. The minimum atomic E-state index is -0.437. The molecule has 44 heavy (non-hydrogen) atoms. The van der Waals surface area contributed by atoms with Crippen molar-refractivity contribution in [3.63, 3.8) is 0 Å². The molecule has 5 nitrogen and oxygen atoms in total. The first-order chi connectivity index (χ1) is 23.9. The normalized spacial score (nSPS) is 13.2. The van der Waals surface area contributed by atoms with Crippen LogP contribution in [0.15, 0.2) is 150 Å². The minimum absolute atomic E-state index is 0.116. The van der Waals surface area contributed by atoms with Crippen LogP contribution in [0.1, 0.15) is 6.85 Å². The molecule has 5 heteroatoms. The van der Waals surface area contributed by atoms with E-state index in [1.807, 2.05) is 78.9 Å². The Labute approximate surface area is 259 Å². The highest BCUT2D eigenvalue weighted by molar-refractivity contribution is 6.15. The predicted molar refractivity (Wildman–Crippen MR) is 178 cm³/mol. The van der Waals surface area contributed by atoms with Gasteiger partial charge in [-0.2, -0.15) is 9.97 Å². The Hall–Kier alpha value is -6.07. The second-order valence-electron chi connectivity index (χ2n) is 10.5. The van der Waals surface area contributed by atoms with E-state index in [-0.39, 0.29) is 17.6 Å². The molecule has 0 unspecified atom stereocenters. The Morgan fingerprint density at radius 1 is 0.523 bits per heavy atom. The van der Waals surface area contributed by atoms with E-state index >= 15 is 0 Å². The number of hydrogen-bond donors (Lipinski definition) is 0. The zero-order valence-corrected chi connectivity index (χ0v) is 23.2. The lowest BCUT2D eigenvalue weighted by Crippen LogP contribution is -2.06. The summed E-state index contributed by atoms with van der Waals surface area (Å²) in [7, 11) is 0. The van der Waals surface area contributed by atoms with Crippen molar-refractivity contribution in [2.45, 2.75) is 0 Å². The molecule has 0 amide bonds. The fourth-order valence-corrected chi connectivity index (χ4v) is 6.06. The van der Waals surface area contributed by atoms with Crippen molar-refractivity contribution in [3.8, 4) is 39.9 Å². The fraction of sp³-hybridized carbons (Fsp3) is 0. The topological polar surface area (TPSA) is 56.7 Å². The Kier molecular flexibility index (Phi) is 4.42. The lowest BCUT2D eigenvalue weighted by molar-refractivity contribution is 0.669. The molecule has 0 aliphatic carbocycles. The van der Waals surface area contributed by atoms with E-state index in [2.05, 4.69) is 28.8 Å². The summed E-state index contributed by atoms with van der Waals surface area (Å²) >= 11 is 0. The van der Waals surface area contributed by atoms with Crippen LogP contribution in [0.4, 0.5) is 0 Å². The van der Waals surface area contributed by atoms with Crippen LogP contribution >= 0.6 is 0 Å². The molecule has 0 saturated heterocycles. The van der Waals surface area contributed by atoms with E-state index in [0.717, 1.165) is 27.4 Å². The molecule has 206 valence electrons. The molecular weight excluding hydrogens is 540 g/mol. The Balaban J connectivity index is 1.34. The van der Waals surface area contributed by atoms with E-state index in [1.54, 1.807) is 12.1 Å². The summed E-state index contributed by atoms with van der Waals surface area (Å²) in [4.78, 5) is 15.1. The van der Waals surface area contributed by atoms with E-state index in [0.29, 0.717) is 50.7 Å². The van der Waals surface area contributed by atoms with Crippen molar-refractivity contribution in [1.29, 1.82) is 0 Å². The van der Waals surface area contributed by atoms with Gasteiger partial charge in [-0.05, 0) is 35.4 Å². The van der Waals surface area contributed by atoms with Crippen LogP contribution in [0.3, 0.4) is 0 Å². The summed E-state index contributed by atoms with van der Waals surface area (Å²) < 4.78 is 50.6. The van der Waals surface area contributed by atoms with Gasteiger partial charge in [0.15, 0.2) is 11.6 Å². The second kappa shape index (κ2) is 9.75. The minimum Gasteiger partial charge on any atom is -0.455 e. The van der Waals surface area contributed by atoms with Crippen molar-refractivity contribution in [1.82, 2.24) is 19.5 Å². The highest BCUT2D eigenvalue weighted by Gasteiger charge is 2.21. The van der Waals surface area contributed by atoms with Gasteiger partial charge >= 0.3 is 0 Å². The second-order valence-corrected chi connectivity index (χ2v) is 10.5. The molecule has 0 atom stereocenters. The van der Waals surface area contributed by atoms with Gasteiger partial charge in [0.25, 0.3) is 0 Å². The predicted octanol–water partition coefficient (Wildman–Crippen LogP) is 9.87. The van der Waals surface area contributed by atoms with Crippen molar-refractivity contribution in [3.05, 3.63) is 145 Å². The van der Waals surface area contributed by atoms with Gasteiger partial charge in [-0.15, -0.1) is 0 Å². The maximum atomic E-state index is 8.67.